The van der Waals surface area contributed by atoms with Gasteiger partial charge in [0, 0.05) is 10.3 Å². The Bertz CT molecular complexity index is 398. The molecule has 1 N–H and O–H groups in total. The fraction of sp³-hybridized carbons (Fsp3) is 0.462. The number of rotatable bonds is 6. The summed E-state index contributed by atoms with van der Waals surface area (Å²) in [7, 11) is 1.37. The van der Waals surface area contributed by atoms with Gasteiger partial charge >= 0.3 is 5.97 Å². The molecule has 5 heteroatoms. The monoisotopic (exact) mass is 287 g/mol. The van der Waals surface area contributed by atoms with Crippen molar-refractivity contribution in [2.75, 3.05) is 13.7 Å². The molecule has 0 radical (unpaired) electrons. The Hall–Kier alpha value is -0.710. The maximum Gasteiger partial charge on any atom is 0.327 e. The first kappa shape index (κ1) is 15.3. The van der Waals surface area contributed by atoms with Crippen LogP contribution in [0.15, 0.2) is 24.3 Å². The smallest absolute Gasteiger partial charge is 0.327 e. The third-order valence-electron chi connectivity index (χ3n) is 2.56. The summed E-state index contributed by atoms with van der Waals surface area (Å²) in [5.74, 6) is -0.338. The van der Waals surface area contributed by atoms with Gasteiger partial charge in [0.05, 0.1) is 7.11 Å². The van der Waals surface area contributed by atoms with Gasteiger partial charge in [0.2, 0.25) is 0 Å². The van der Waals surface area contributed by atoms with Crippen molar-refractivity contribution >= 4 is 30.2 Å². The Labute approximate surface area is 118 Å². The Morgan fingerprint density at radius 3 is 2.72 bits per heavy atom. The molecule has 100 valence electrons. The third kappa shape index (κ3) is 4.52. The number of carbonyl (C=O) groups excluding carboxylic acids is 1. The minimum absolute atomic E-state index is 0.280. The Kier molecular flexibility index (Phi) is 6.54. The van der Waals surface area contributed by atoms with E-state index in [0.717, 1.165) is 12.0 Å². The van der Waals surface area contributed by atoms with Crippen molar-refractivity contribution in [3.05, 3.63) is 34.9 Å². The van der Waals surface area contributed by atoms with Crippen LogP contribution in [0.5, 0.6) is 0 Å². The molecule has 0 aliphatic carbocycles. The van der Waals surface area contributed by atoms with Gasteiger partial charge < -0.3 is 10.1 Å². The van der Waals surface area contributed by atoms with Gasteiger partial charge in [-0.05, 0) is 24.6 Å². The third-order valence-corrected chi connectivity index (χ3v) is 3.17. The molecule has 0 saturated heterocycles. The predicted molar refractivity (Wildman–Crippen MR) is 77.3 cm³/mol. The van der Waals surface area contributed by atoms with Crippen LogP contribution in [-0.4, -0.2) is 24.9 Å². The van der Waals surface area contributed by atoms with Crippen molar-refractivity contribution in [1.82, 2.24) is 5.32 Å². The molecule has 0 aromatic heterocycles. The number of methoxy groups -OCH3 is 1. The van der Waals surface area contributed by atoms with Gasteiger partial charge in [-0.3, -0.25) is 0 Å². The molecule has 0 amide bonds. The summed E-state index contributed by atoms with van der Waals surface area (Å²) in [6.07, 6.45) is 0.862. The van der Waals surface area contributed by atoms with Gasteiger partial charge in [-0.25, -0.2) is 4.79 Å². The van der Waals surface area contributed by atoms with E-state index in [1.165, 1.54) is 7.11 Å². The number of esters is 1. The van der Waals surface area contributed by atoms with E-state index in [1.54, 1.807) is 6.07 Å². The summed E-state index contributed by atoms with van der Waals surface area (Å²) in [4.78, 5) is 11.8. The zero-order valence-electron chi connectivity index (χ0n) is 10.5. The number of carbonyl (C=O) groups is 1. The molecule has 0 fully saturated rings. The molecule has 0 aliphatic heterocycles. The SMILES string of the molecule is COC(=O)[C@@H](NCCC(C)S)c1ccccc1Cl. The average molecular weight is 288 g/mol. The standard InChI is InChI=1S/C13H18ClNO2S/c1-9(18)7-8-15-12(13(16)17-2)10-5-3-4-6-11(10)14/h3-6,9,12,15,18H,7-8H2,1-2H3/t9?,12-/m0/s1. The zero-order valence-corrected chi connectivity index (χ0v) is 12.2. The molecular weight excluding hydrogens is 270 g/mol. The molecule has 1 unspecified atom stereocenters. The van der Waals surface area contributed by atoms with E-state index in [1.807, 2.05) is 25.1 Å². The van der Waals surface area contributed by atoms with Crippen molar-refractivity contribution in [1.29, 1.82) is 0 Å². The van der Waals surface area contributed by atoms with Crippen molar-refractivity contribution < 1.29 is 9.53 Å². The second kappa shape index (κ2) is 7.67. The number of hydrogen-bond acceptors (Lipinski definition) is 4. The zero-order chi connectivity index (χ0) is 13.5. The summed E-state index contributed by atoms with van der Waals surface area (Å²) in [5.41, 5.74) is 0.734. The van der Waals surface area contributed by atoms with Crippen LogP contribution >= 0.6 is 24.2 Å². The second-order valence-electron chi connectivity index (χ2n) is 4.07. The highest BCUT2D eigenvalue weighted by Gasteiger charge is 2.22. The van der Waals surface area contributed by atoms with Gasteiger partial charge in [0.25, 0.3) is 0 Å². The van der Waals surface area contributed by atoms with Crippen molar-refractivity contribution in [3.63, 3.8) is 0 Å². The number of benzene rings is 1. The number of thiol groups is 1. The maximum absolute atomic E-state index is 11.8. The molecule has 0 heterocycles. The van der Waals surface area contributed by atoms with Crippen LogP contribution in [0.1, 0.15) is 24.9 Å². The predicted octanol–water partition coefficient (Wildman–Crippen LogP) is 2.85. The second-order valence-corrected chi connectivity index (χ2v) is 5.36. The number of nitrogens with one attached hydrogen (secondary N) is 1. The highest BCUT2D eigenvalue weighted by molar-refractivity contribution is 7.80. The summed E-state index contributed by atoms with van der Waals surface area (Å²) in [5, 5.41) is 3.99. The molecule has 0 saturated carbocycles. The number of ether oxygens (including phenoxy) is 1. The lowest BCUT2D eigenvalue weighted by atomic mass is 10.1. The van der Waals surface area contributed by atoms with Crippen LogP contribution in [-0.2, 0) is 9.53 Å². The van der Waals surface area contributed by atoms with Gasteiger partial charge in [-0.2, -0.15) is 12.6 Å². The first-order valence-corrected chi connectivity index (χ1v) is 6.69. The first-order chi connectivity index (χ1) is 8.56. The molecule has 0 spiro atoms. The van der Waals surface area contributed by atoms with Crippen molar-refractivity contribution in [2.24, 2.45) is 0 Å². The van der Waals surface area contributed by atoms with Crippen molar-refractivity contribution in [3.8, 4) is 0 Å². The van der Waals surface area contributed by atoms with E-state index in [9.17, 15) is 4.79 Å². The lowest BCUT2D eigenvalue weighted by Crippen LogP contribution is -2.31. The fourth-order valence-corrected chi connectivity index (χ4v) is 1.96. The first-order valence-electron chi connectivity index (χ1n) is 5.80. The Balaban J connectivity index is 2.79. The average Bonchev–Trinajstić information content (AvgIpc) is 2.35. The minimum Gasteiger partial charge on any atom is -0.468 e. The Morgan fingerprint density at radius 1 is 1.50 bits per heavy atom. The topological polar surface area (TPSA) is 38.3 Å². The van der Waals surface area contributed by atoms with E-state index in [4.69, 9.17) is 16.3 Å². The number of halogens is 1. The summed E-state index contributed by atoms with van der Waals surface area (Å²) in [6, 6.07) is 6.73. The largest absolute Gasteiger partial charge is 0.468 e. The van der Waals surface area contributed by atoms with E-state index in [-0.39, 0.29) is 11.2 Å². The molecule has 3 nitrogen and oxygen atoms in total. The van der Waals surface area contributed by atoms with E-state index >= 15 is 0 Å². The van der Waals surface area contributed by atoms with E-state index < -0.39 is 6.04 Å². The van der Waals surface area contributed by atoms with Gasteiger partial charge in [-0.15, -0.1) is 0 Å². The van der Waals surface area contributed by atoms with Crippen LogP contribution in [0.4, 0.5) is 0 Å². The summed E-state index contributed by atoms with van der Waals surface area (Å²) in [6.45, 7) is 2.68. The molecule has 0 bridgehead atoms. The maximum atomic E-state index is 11.8. The lowest BCUT2D eigenvalue weighted by Gasteiger charge is -2.18. The fourth-order valence-electron chi connectivity index (χ4n) is 1.58. The molecule has 1 aromatic carbocycles. The quantitative estimate of drug-likeness (QED) is 0.624. The normalized spacial score (nSPS) is 14.0. The van der Waals surface area contributed by atoms with E-state index in [0.29, 0.717) is 11.6 Å². The highest BCUT2D eigenvalue weighted by atomic mass is 35.5. The highest BCUT2D eigenvalue weighted by Crippen LogP contribution is 2.23. The lowest BCUT2D eigenvalue weighted by molar-refractivity contribution is -0.143. The number of hydrogen-bond donors (Lipinski definition) is 2. The minimum atomic E-state index is -0.532. The van der Waals surface area contributed by atoms with Gasteiger partial charge in [0.1, 0.15) is 6.04 Å². The summed E-state index contributed by atoms with van der Waals surface area (Å²) < 4.78 is 4.80. The van der Waals surface area contributed by atoms with Crippen LogP contribution < -0.4 is 5.32 Å². The van der Waals surface area contributed by atoms with Crippen LogP contribution in [0, 0.1) is 0 Å². The molecule has 1 rings (SSSR count). The molecular formula is C13H18ClNO2S. The molecule has 1 aromatic rings. The van der Waals surface area contributed by atoms with Gasteiger partial charge in [-0.1, -0.05) is 36.7 Å². The van der Waals surface area contributed by atoms with Crippen LogP contribution in [0.3, 0.4) is 0 Å². The van der Waals surface area contributed by atoms with Crippen molar-refractivity contribution in [2.45, 2.75) is 24.6 Å². The Morgan fingerprint density at radius 2 is 2.17 bits per heavy atom. The van der Waals surface area contributed by atoms with Crippen LogP contribution in [0.2, 0.25) is 5.02 Å². The molecule has 2 atom stereocenters. The van der Waals surface area contributed by atoms with E-state index in [2.05, 4.69) is 17.9 Å². The van der Waals surface area contributed by atoms with Gasteiger partial charge in [0.15, 0.2) is 0 Å². The van der Waals surface area contributed by atoms with Crippen LogP contribution in [0.25, 0.3) is 0 Å². The molecule has 0 aliphatic rings. The molecule has 18 heavy (non-hydrogen) atoms. The summed E-state index contributed by atoms with van der Waals surface area (Å²) >= 11 is 10.4.